The van der Waals surface area contributed by atoms with E-state index in [0.717, 1.165) is 39.8 Å². The van der Waals surface area contributed by atoms with Gasteiger partial charge in [0.25, 0.3) is 0 Å². The Bertz CT molecular complexity index is 1030. The Morgan fingerprint density at radius 3 is 2.32 bits per heavy atom. The average molecular weight is 427 g/mol. The van der Waals surface area contributed by atoms with Crippen molar-refractivity contribution in [1.29, 1.82) is 0 Å². The van der Waals surface area contributed by atoms with Crippen molar-refractivity contribution in [1.82, 2.24) is 4.57 Å². The average Bonchev–Trinajstić information content (AvgIpc) is 3.15. The summed E-state index contributed by atoms with van der Waals surface area (Å²) in [6, 6.07) is 14.0. The summed E-state index contributed by atoms with van der Waals surface area (Å²) in [5.74, 6) is 0.788. The first-order valence-electron chi connectivity index (χ1n) is 10.5. The number of aliphatic hydroxyl groups is 4. The van der Waals surface area contributed by atoms with Crippen LogP contribution in [0, 0.1) is 0 Å². The van der Waals surface area contributed by atoms with Gasteiger partial charge in [-0.15, -0.1) is 0 Å². The van der Waals surface area contributed by atoms with Gasteiger partial charge >= 0.3 is 0 Å². The zero-order valence-electron chi connectivity index (χ0n) is 17.7. The first-order chi connectivity index (χ1) is 15.0. The lowest BCUT2D eigenvalue weighted by Crippen LogP contribution is -2.55. The standard InChI is InChI=1S/C24H29NO6/c1-3-14-6-9-19-17(10-14)18(24-23(29)22(28)21(27)20(13-26)31-24)12-25(19)11-15-4-7-16(30-2)8-5-15/h4-10,12,20-24,26-29H,3,11,13H2,1-2H3/t20-,21-,22+,23-,24+/m1/s1. The molecular weight excluding hydrogens is 398 g/mol. The smallest absolute Gasteiger partial charge is 0.118 e. The minimum atomic E-state index is -1.41. The Kier molecular flexibility index (Phi) is 6.31. The highest BCUT2D eigenvalue weighted by Crippen LogP contribution is 2.37. The van der Waals surface area contributed by atoms with Gasteiger partial charge in [-0.25, -0.2) is 0 Å². The molecule has 7 heteroatoms. The molecule has 4 rings (SSSR count). The lowest BCUT2D eigenvalue weighted by Gasteiger charge is -2.40. The fraction of sp³-hybridized carbons (Fsp3) is 0.417. The number of methoxy groups -OCH3 is 1. The fourth-order valence-electron chi connectivity index (χ4n) is 4.24. The zero-order valence-corrected chi connectivity index (χ0v) is 17.7. The first-order valence-corrected chi connectivity index (χ1v) is 10.5. The van der Waals surface area contributed by atoms with Gasteiger partial charge in [-0.3, -0.25) is 0 Å². The predicted molar refractivity (Wildman–Crippen MR) is 116 cm³/mol. The highest BCUT2D eigenvalue weighted by atomic mass is 16.5. The number of ether oxygens (including phenoxy) is 2. The third kappa shape index (κ3) is 4.07. The molecule has 0 saturated carbocycles. The van der Waals surface area contributed by atoms with Crippen LogP contribution in [-0.2, 0) is 17.7 Å². The molecule has 4 N–H and O–H groups in total. The Balaban J connectivity index is 1.77. The van der Waals surface area contributed by atoms with Crippen molar-refractivity contribution in [2.75, 3.05) is 13.7 Å². The molecule has 7 nitrogen and oxygen atoms in total. The second-order valence-electron chi connectivity index (χ2n) is 8.01. The van der Waals surface area contributed by atoms with E-state index < -0.39 is 37.1 Å². The van der Waals surface area contributed by atoms with E-state index in [0.29, 0.717) is 6.54 Å². The van der Waals surface area contributed by atoms with Crippen LogP contribution in [0.3, 0.4) is 0 Å². The highest BCUT2D eigenvalue weighted by Gasteiger charge is 2.44. The number of benzene rings is 2. The second-order valence-corrected chi connectivity index (χ2v) is 8.01. The molecule has 0 aliphatic carbocycles. The maximum absolute atomic E-state index is 10.7. The topological polar surface area (TPSA) is 104 Å². The van der Waals surface area contributed by atoms with E-state index in [1.807, 2.05) is 36.5 Å². The van der Waals surface area contributed by atoms with Crippen molar-refractivity contribution in [2.24, 2.45) is 0 Å². The largest absolute Gasteiger partial charge is 0.497 e. The molecule has 0 bridgehead atoms. The zero-order chi connectivity index (χ0) is 22.1. The molecule has 5 atom stereocenters. The van der Waals surface area contributed by atoms with E-state index in [1.54, 1.807) is 7.11 Å². The molecule has 0 unspecified atom stereocenters. The second kappa shape index (κ2) is 8.98. The SMILES string of the molecule is CCc1ccc2c(c1)c([C@@H]1O[C@H](CO)[C@@H](O)[C@H](O)[C@H]1O)cn2Cc1ccc(OC)cc1. The lowest BCUT2D eigenvalue weighted by molar-refractivity contribution is -0.231. The lowest BCUT2D eigenvalue weighted by atomic mass is 9.91. The summed E-state index contributed by atoms with van der Waals surface area (Å²) in [4.78, 5) is 0. The van der Waals surface area contributed by atoms with E-state index in [2.05, 4.69) is 23.6 Å². The van der Waals surface area contributed by atoms with E-state index in [9.17, 15) is 20.4 Å². The summed E-state index contributed by atoms with van der Waals surface area (Å²) in [6.07, 6.45) is -3.15. The van der Waals surface area contributed by atoms with Crippen molar-refractivity contribution >= 4 is 10.9 Å². The number of rotatable bonds is 6. The number of aliphatic hydroxyl groups excluding tert-OH is 4. The molecule has 1 aliphatic rings. The van der Waals surface area contributed by atoms with Crippen molar-refractivity contribution in [3.63, 3.8) is 0 Å². The predicted octanol–water partition coefficient (Wildman–Crippen LogP) is 1.78. The van der Waals surface area contributed by atoms with Gasteiger partial charge in [0, 0.05) is 29.2 Å². The number of hydrogen-bond donors (Lipinski definition) is 4. The number of aromatic nitrogens is 1. The Morgan fingerprint density at radius 2 is 1.68 bits per heavy atom. The van der Waals surface area contributed by atoms with E-state index in [-0.39, 0.29) is 0 Å². The maximum Gasteiger partial charge on any atom is 0.118 e. The van der Waals surface area contributed by atoms with Gasteiger partial charge in [0.05, 0.1) is 13.7 Å². The monoisotopic (exact) mass is 427 g/mol. The van der Waals surface area contributed by atoms with Gasteiger partial charge in [0.15, 0.2) is 0 Å². The molecule has 2 heterocycles. The Labute approximate surface area is 181 Å². The molecule has 0 spiro atoms. The third-order valence-electron chi connectivity index (χ3n) is 6.10. The third-order valence-corrected chi connectivity index (χ3v) is 6.10. The van der Waals surface area contributed by atoms with Crippen LogP contribution in [-0.4, -0.2) is 63.1 Å². The number of fused-ring (bicyclic) bond motifs is 1. The fourth-order valence-corrected chi connectivity index (χ4v) is 4.24. The van der Waals surface area contributed by atoms with Crippen LogP contribution in [0.5, 0.6) is 5.75 Å². The minimum Gasteiger partial charge on any atom is -0.497 e. The summed E-state index contributed by atoms with van der Waals surface area (Å²) in [5, 5.41) is 41.6. The summed E-state index contributed by atoms with van der Waals surface area (Å²) in [5.41, 5.74) is 3.91. The Hall–Kier alpha value is -2.42. The number of nitrogens with zero attached hydrogens (tertiary/aromatic N) is 1. The van der Waals surface area contributed by atoms with E-state index >= 15 is 0 Å². The first kappa shape index (κ1) is 21.8. The molecule has 2 aromatic carbocycles. The van der Waals surface area contributed by atoms with Gasteiger partial charge in [-0.05, 0) is 41.8 Å². The molecule has 1 aromatic heterocycles. The molecule has 1 aliphatic heterocycles. The van der Waals surface area contributed by atoms with Crippen LogP contribution in [0.4, 0.5) is 0 Å². The van der Waals surface area contributed by atoms with Crippen LogP contribution in [0.25, 0.3) is 10.9 Å². The summed E-state index contributed by atoms with van der Waals surface area (Å²) >= 11 is 0. The van der Waals surface area contributed by atoms with E-state index in [4.69, 9.17) is 9.47 Å². The van der Waals surface area contributed by atoms with Crippen LogP contribution in [0.2, 0.25) is 0 Å². The summed E-state index contributed by atoms with van der Waals surface area (Å²) in [6.45, 7) is 2.22. The highest BCUT2D eigenvalue weighted by molar-refractivity contribution is 5.85. The van der Waals surface area contributed by atoms with Crippen molar-refractivity contribution in [3.8, 4) is 5.75 Å². The normalized spacial score (nSPS) is 26.3. The molecule has 0 radical (unpaired) electrons. The van der Waals surface area contributed by atoms with Crippen LogP contribution in [0.15, 0.2) is 48.7 Å². The molecule has 0 amide bonds. The molecule has 1 fully saturated rings. The van der Waals surface area contributed by atoms with Crippen LogP contribution < -0.4 is 4.74 Å². The van der Waals surface area contributed by atoms with Crippen molar-refractivity contribution < 1.29 is 29.9 Å². The molecular formula is C24H29NO6. The van der Waals surface area contributed by atoms with Gasteiger partial charge in [-0.2, -0.15) is 0 Å². The van der Waals surface area contributed by atoms with E-state index in [1.165, 1.54) is 0 Å². The number of hydrogen-bond acceptors (Lipinski definition) is 6. The Morgan fingerprint density at radius 1 is 0.968 bits per heavy atom. The molecule has 1 saturated heterocycles. The van der Waals surface area contributed by atoms with Gasteiger partial charge in [0.2, 0.25) is 0 Å². The minimum absolute atomic E-state index is 0.452. The van der Waals surface area contributed by atoms with Gasteiger partial charge in [0.1, 0.15) is 36.3 Å². The quantitative estimate of drug-likeness (QED) is 0.478. The van der Waals surface area contributed by atoms with Gasteiger partial charge < -0.3 is 34.5 Å². The maximum atomic E-state index is 10.7. The van der Waals surface area contributed by atoms with Crippen molar-refractivity contribution in [2.45, 2.75) is 50.4 Å². The molecule has 31 heavy (non-hydrogen) atoms. The number of aryl methyl sites for hydroxylation is 1. The van der Waals surface area contributed by atoms with Crippen LogP contribution in [0.1, 0.15) is 29.7 Å². The van der Waals surface area contributed by atoms with Crippen molar-refractivity contribution in [3.05, 3.63) is 65.4 Å². The summed E-state index contributed by atoms with van der Waals surface area (Å²) in [7, 11) is 1.63. The van der Waals surface area contributed by atoms with Gasteiger partial charge in [-0.1, -0.05) is 25.1 Å². The molecule has 3 aromatic rings. The summed E-state index contributed by atoms with van der Waals surface area (Å²) < 4.78 is 13.2. The van der Waals surface area contributed by atoms with Crippen LogP contribution >= 0.6 is 0 Å². The molecule has 166 valence electrons.